The number of carbonyl (C=O) groups is 1. The number of unbranched alkanes of at least 4 members (excludes halogenated alkanes) is 1. The van der Waals surface area contributed by atoms with E-state index in [1.165, 1.54) is 24.8 Å². The van der Waals surface area contributed by atoms with Gasteiger partial charge in [-0.3, -0.25) is 9.79 Å². The molecule has 0 fully saturated rings. The first kappa shape index (κ1) is 23.1. The van der Waals surface area contributed by atoms with Crippen molar-refractivity contribution in [2.45, 2.75) is 79.6 Å². The highest BCUT2D eigenvalue weighted by molar-refractivity contribution is 6.38. The Labute approximate surface area is 166 Å². The van der Waals surface area contributed by atoms with Crippen molar-refractivity contribution in [1.29, 1.82) is 0 Å². The predicted octanol–water partition coefficient (Wildman–Crippen LogP) is 6.45. The second kappa shape index (κ2) is 12.5. The van der Waals surface area contributed by atoms with Gasteiger partial charge in [-0.1, -0.05) is 57.9 Å². The van der Waals surface area contributed by atoms with Crippen molar-refractivity contribution in [2.24, 2.45) is 4.99 Å². The van der Waals surface area contributed by atoms with Crippen LogP contribution in [-0.2, 0) is 4.79 Å². The molecule has 0 spiro atoms. The molecule has 0 aromatic heterocycles. The Morgan fingerprint density at radius 1 is 1.07 bits per heavy atom. The van der Waals surface area contributed by atoms with Crippen LogP contribution in [0.5, 0.6) is 0 Å². The Balaban J connectivity index is 2.85. The fourth-order valence-corrected chi connectivity index (χ4v) is 3.28. The van der Waals surface area contributed by atoms with E-state index in [4.69, 9.17) is 0 Å². The largest absolute Gasteiger partial charge is 0.338 e. The van der Waals surface area contributed by atoms with E-state index in [0.29, 0.717) is 11.6 Å². The van der Waals surface area contributed by atoms with Gasteiger partial charge in [-0.2, -0.15) is 0 Å². The normalized spacial score (nSPS) is 13.6. The van der Waals surface area contributed by atoms with Crippen LogP contribution in [0.2, 0.25) is 0 Å². The first-order valence-electron chi connectivity index (χ1n) is 10.6. The molecular formula is C24H38N2O. The van der Waals surface area contributed by atoms with Gasteiger partial charge in [0.2, 0.25) is 0 Å². The number of rotatable bonds is 11. The summed E-state index contributed by atoms with van der Waals surface area (Å²) in [5.74, 6) is 0.685. The van der Waals surface area contributed by atoms with Crippen LogP contribution in [0.4, 0.5) is 0 Å². The van der Waals surface area contributed by atoms with Crippen molar-refractivity contribution in [1.82, 2.24) is 4.90 Å². The van der Waals surface area contributed by atoms with Crippen molar-refractivity contribution in [3.05, 3.63) is 41.6 Å². The third-order valence-electron chi connectivity index (χ3n) is 5.18. The van der Waals surface area contributed by atoms with E-state index in [1.807, 2.05) is 24.9 Å². The Kier molecular flexibility index (Phi) is 10.7. The number of hydrogen-bond acceptors (Lipinski definition) is 2. The Morgan fingerprint density at radius 3 is 2.26 bits per heavy atom. The molecule has 0 bridgehead atoms. The Morgan fingerprint density at radius 2 is 1.74 bits per heavy atom. The summed E-state index contributed by atoms with van der Waals surface area (Å²) in [5.41, 5.74) is 4.21. The minimum absolute atomic E-state index is 0.0377. The third-order valence-corrected chi connectivity index (χ3v) is 5.18. The second-order valence-corrected chi connectivity index (χ2v) is 7.28. The smallest absolute Gasteiger partial charge is 0.267 e. The van der Waals surface area contributed by atoms with Crippen LogP contribution in [0.1, 0.15) is 90.7 Å². The van der Waals surface area contributed by atoms with Gasteiger partial charge < -0.3 is 4.90 Å². The topological polar surface area (TPSA) is 32.7 Å². The number of hydrogen-bond donors (Lipinski definition) is 0. The molecular weight excluding hydrogens is 332 g/mol. The first-order chi connectivity index (χ1) is 13.0. The van der Waals surface area contributed by atoms with E-state index >= 15 is 0 Å². The number of benzene rings is 1. The maximum Gasteiger partial charge on any atom is 0.267 e. The van der Waals surface area contributed by atoms with Crippen molar-refractivity contribution in [3.8, 4) is 0 Å². The van der Waals surface area contributed by atoms with Gasteiger partial charge >= 0.3 is 0 Å². The molecule has 0 aliphatic carbocycles. The highest BCUT2D eigenvalue weighted by Crippen LogP contribution is 2.26. The zero-order valence-corrected chi connectivity index (χ0v) is 18.2. The van der Waals surface area contributed by atoms with Gasteiger partial charge in [-0.15, -0.1) is 0 Å². The molecule has 0 heterocycles. The Hall–Kier alpha value is -1.90. The molecule has 1 amide bonds. The van der Waals surface area contributed by atoms with Crippen LogP contribution in [0, 0.1) is 0 Å². The zero-order valence-electron chi connectivity index (χ0n) is 18.2. The van der Waals surface area contributed by atoms with Gasteiger partial charge in [0.05, 0.1) is 0 Å². The number of amides is 1. The molecule has 1 rings (SSSR count). The summed E-state index contributed by atoms with van der Waals surface area (Å²) >= 11 is 0. The fraction of sp³-hybridized carbons (Fsp3) is 0.583. The molecule has 0 N–H and O–H groups in total. The van der Waals surface area contributed by atoms with E-state index in [-0.39, 0.29) is 5.91 Å². The average Bonchev–Trinajstić information content (AvgIpc) is 2.70. The maximum atomic E-state index is 12.5. The third kappa shape index (κ3) is 7.32. The number of allylic oxidation sites excluding steroid dienone is 1. The summed E-state index contributed by atoms with van der Waals surface area (Å²) in [7, 11) is 0. The summed E-state index contributed by atoms with van der Waals surface area (Å²) < 4.78 is 0. The lowest BCUT2D eigenvalue weighted by Gasteiger charge is -2.20. The number of aliphatic imine (C=N–C) groups is 1. The number of carbonyl (C=O) groups excluding carboxylic acids is 1. The summed E-state index contributed by atoms with van der Waals surface area (Å²) in [6.45, 7) is 14.1. The highest BCUT2D eigenvalue weighted by atomic mass is 16.2. The maximum absolute atomic E-state index is 12.5. The van der Waals surface area contributed by atoms with Gasteiger partial charge in [0.25, 0.3) is 5.91 Å². The van der Waals surface area contributed by atoms with Crippen LogP contribution in [0.15, 0.2) is 35.5 Å². The van der Waals surface area contributed by atoms with Gasteiger partial charge in [0.1, 0.15) is 5.71 Å². The lowest BCUT2D eigenvalue weighted by atomic mass is 9.91. The minimum atomic E-state index is 0.0377. The second-order valence-electron chi connectivity index (χ2n) is 7.28. The Bertz CT molecular complexity index is 628. The SMILES string of the molecule is CCCCN(CC)C(=O)C(C)=N/C=C(\C)c1ccc(C(CC)CCC)cc1. The first-order valence-corrected chi connectivity index (χ1v) is 10.6. The van der Waals surface area contributed by atoms with Crippen molar-refractivity contribution < 1.29 is 4.79 Å². The molecule has 1 atom stereocenters. The molecule has 150 valence electrons. The quantitative estimate of drug-likeness (QED) is 0.412. The molecule has 27 heavy (non-hydrogen) atoms. The molecule has 1 unspecified atom stereocenters. The summed E-state index contributed by atoms with van der Waals surface area (Å²) in [5, 5.41) is 0. The molecule has 0 aliphatic rings. The van der Waals surface area contributed by atoms with Crippen LogP contribution < -0.4 is 0 Å². The summed E-state index contributed by atoms with van der Waals surface area (Å²) in [6, 6.07) is 8.82. The van der Waals surface area contributed by atoms with Crippen LogP contribution in [0.25, 0.3) is 5.57 Å². The van der Waals surface area contributed by atoms with Crippen molar-refractivity contribution in [2.75, 3.05) is 13.1 Å². The highest BCUT2D eigenvalue weighted by Gasteiger charge is 2.13. The molecule has 0 saturated carbocycles. The molecule has 0 aliphatic heterocycles. The van der Waals surface area contributed by atoms with Crippen LogP contribution in [0.3, 0.4) is 0 Å². The predicted molar refractivity (Wildman–Crippen MR) is 118 cm³/mol. The summed E-state index contributed by atoms with van der Waals surface area (Å²) in [6.07, 6.45) is 7.58. The van der Waals surface area contributed by atoms with E-state index in [1.54, 1.807) is 6.92 Å². The zero-order chi connectivity index (χ0) is 20.2. The van der Waals surface area contributed by atoms with E-state index in [9.17, 15) is 4.79 Å². The van der Waals surface area contributed by atoms with E-state index in [2.05, 4.69) is 50.0 Å². The molecule has 3 heteroatoms. The summed E-state index contributed by atoms with van der Waals surface area (Å²) in [4.78, 5) is 18.8. The van der Waals surface area contributed by atoms with Crippen LogP contribution in [-0.4, -0.2) is 29.6 Å². The minimum Gasteiger partial charge on any atom is -0.338 e. The molecule has 0 radical (unpaired) electrons. The van der Waals surface area contributed by atoms with Crippen molar-refractivity contribution in [3.63, 3.8) is 0 Å². The molecule has 1 aromatic rings. The number of nitrogens with zero attached hydrogens (tertiary/aromatic N) is 2. The lowest BCUT2D eigenvalue weighted by Crippen LogP contribution is -2.36. The van der Waals surface area contributed by atoms with E-state index in [0.717, 1.165) is 37.1 Å². The standard InChI is InChI=1S/C24H38N2O/c1-7-11-17-26(10-4)24(27)20(6)25-18-19(5)22-13-15-23(16-14-22)21(9-3)12-8-2/h13-16,18,21H,7-12,17H2,1-6H3/b19-18+,25-20?. The van der Waals surface area contributed by atoms with Crippen molar-refractivity contribution >= 4 is 17.2 Å². The molecule has 0 saturated heterocycles. The monoisotopic (exact) mass is 370 g/mol. The van der Waals surface area contributed by atoms with Gasteiger partial charge in [-0.25, -0.2) is 0 Å². The molecule has 3 nitrogen and oxygen atoms in total. The van der Waals surface area contributed by atoms with Gasteiger partial charge in [0.15, 0.2) is 0 Å². The van der Waals surface area contributed by atoms with E-state index < -0.39 is 0 Å². The van der Waals surface area contributed by atoms with Crippen LogP contribution >= 0.6 is 0 Å². The van der Waals surface area contributed by atoms with Gasteiger partial charge in [-0.05, 0) is 62.7 Å². The molecule has 1 aromatic carbocycles. The average molecular weight is 371 g/mol. The fourth-order valence-electron chi connectivity index (χ4n) is 3.28. The van der Waals surface area contributed by atoms with Gasteiger partial charge in [0, 0.05) is 19.3 Å². The lowest BCUT2D eigenvalue weighted by molar-refractivity contribution is -0.124.